The van der Waals surface area contributed by atoms with Crippen LogP contribution in [0.2, 0.25) is 5.02 Å². The number of nitro groups is 1. The molecule has 134 valence electrons. The Balaban J connectivity index is 1.74. The minimum absolute atomic E-state index is 0.0605. The smallest absolute Gasteiger partial charge is 0.274 e. The van der Waals surface area contributed by atoms with Gasteiger partial charge in [-0.15, -0.1) is 0 Å². The molecule has 1 N–H and O–H groups in total. The quantitative estimate of drug-likeness (QED) is 0.655. The fourth-order valence-electron chi connectivity index (χ4n) is 2.91. The second kappa shape index (κ2) is 7.13. The number of carbonyl (C=O) groups is 2. The van der Waals surface area contributed by atoms with Gasteiger partial charge >= 0.3 is 0 Å². The zero-order valence-electron chi connectivity index (χ0n) is 13.9. The van der Waals surface area contributed by atoms with Crippen molar-refractivity contribution >= 4 is 40.5 Å². The Morgan fingerprint density at radius 1 is 1.31 bits per heavy atom. The predicted octanol–water partition coefficient (Wildman–Crippen LogP) is 3.55. The molecule has 0 bridgehead atoms. The zero-order valence-corrected chi connectivity index (χ0v) is 14.7. The van der Waals surface area contributed by atoms with E-state index in [1.807, 2.05) is 0 Å². The summed E-state index contributed by atoms with van der Waals surface area (Å²) in [5, 5.41) is 14.1. The van der Waals surface area contributed by atoms with Crippen molar-refractivity contribution in [1.29, 1.82) is 0 Å². The lowest BCUT2D eigenvalue weighted by Crippen LogP contribution is -2.28. The maximum atomic E-state index is 12.5. The number of para-hydroxylation sites is 1. The first kappa shape index (κ1) is 17.9. The van der Waals surface area contributed by atoms with Crippen LogP contribution in [0, 0.1) is 23.0 Å². The van der Waals surface area contributed by atoms with Gasteiger partial charge in [-0.25, -0.2) is 0 Å². The lowest BCUT2D eigenvalue weighted by atomic mass is 10.1. The minimum atomic E-state index is -0.556. The third-order valence-electron chi connectivity index (χ3n) is 4.31. The molecule has 26 heavy (non-hydrogen) atoms. The minimum Gasteiger partial charge on any atom is -0.326 e. The largest absolute Gasteiger partial charge is 0.326 e. The van der Waals surface area contributed by atoms with Crippen LogP contribution in [0.15, 0.2) is 42.5 Å². The number of aryl methyl sites for hydroxylation is 1. The van der Waals surface area contributed by atoms with E-state index in [4.69, 9.17) is 11.6 Å². The van der Waals surface area contributed by atoms with Gasteiger partial charge in [-0.2, -0.15) is 0 Å². The van der Waals surface area contributed by atoms with Crippen LogP contribution in [0.5, 0.6) is 0 Å². The average Bonchev–Trinajstić information content (AvgIpc) is 2.98. The van der Waals surface area contributed by atoms with Gasteiger partial charge in [0.2, 0.25) is 11.8 Å². The summed E-state index contributed by atoms with van der Waals surface area (Å²) < 4.78 is 0. The molecule has 8 heteroatoms. The Hall–Kier alpha value is -2.93. The molecular weight excluding hydrogens is 358 g/mol. The number of nitrogens with zero attached hydrogens (tertiary/aromatic N) is 2. The molecule has 0 aliphatic carbocycles. The maximum Gasteiger partial charge on any atom is 0.274 e. The molecule has 0 unspecified atom stereocenters. The Morgan fingerprint density at radius 3 is 2.73 bits per heavy atom. The van der Waals surface area contributed by atoms with E-state index < -0.39 is 10.8 Å². The van der Waals surface area contributed by atoms with Crippen LogP contribution in [-0.2, 0) is 9.59 Å². The molecule has 2 amide bonds. The molecule has 1 atom stereocenters. The lowest BCUT2D eigenvalue weighted by Gasteiger charge is -2.18. The van der Waals surface area contributed by atoms with E-state index in [0.717, 1.165) is 0 Å². The van der Waals surface area contributed by atoms with E-state index in [1.165, 1.54) is 11.0 Å². The molecule has 1 aliphatic heterocycles. The highest BCUT2D eigenvalue weighted by Crippen LogP contribution is 2.31. The van der Waals surface area contributed by atoms with Crippen molar-refractivity contribution in [2.24, 2.45) is 5.92 Å². The number of halogens is 1. The van der Waals surface area contributed by atoms with Gasteiger partial charge in [0.15, 0.2) is 0 Å². The monoisotopic (exact) mass is 373 g/mol. The molecule has 1 fully saturated rings. The fourth-order valence-corrected chi connectivity index (χ4v) is 3.15. The lowest BCUT2D eigenvalue weighted by molar-refractivity contribution is -0.385. The van der Waals surface area contributed by atoms with Crippen LogP contribution in [-0.4, -0.2) is 23.3 Å². The fraction of sp³-hybridized carbons (Fsp3) is 0.222. The van der Waals surface area contributed by atoms with Gasteiger partial charge in [0.1, 0.15) is 0 Å². The Bertz CT molecular complexity index is 900. The van der Waals surface area contributed by atoms with Crippen molar-refractivity contribution in [3.63, 3.8) is 0 Å². The van der Waals surface area contributed by atoms with Crippen LogP contribution >= 0.6 is 11.6 Å². The summed E-state index contributed by atoms with van der Waals surface area (Å²) in [4.78, 5) is 36.8. The highest BCUT2D eigenvalue weighted by Gasteiger charge is 2.36. The summed E-state index contributed by atoms with van der Waals surface area (Å²) in [6.07, 6.45) is 0.0605. The molecule has 1 heterocycles. The van der Waals surface area contributed by atoms with E-state index in [-0.39, 0.29) is 30.5 Å². The number of benzene rings is 2. The van der Waals surface area contributed by atoms with Crippen molar-refractivity contribution in [2.45, 2.75) is 13.3 Å². The van der Waals surface area contributed by atoms with Crippen molar-refractivity contribution < 1.29 is 14.5 Å². The summed E-state index contributed by atoms with van der Waals surface area (Å²) in [6.45, 7) is 1.84. The average molecular weight is 374 g/mol. The van der Waals surface area contributed by atoms with E-state index in [9.17, 15) is 19.7 Å². The first-order valence-electron chi connectivity index (χ1n) is 7.97. The molecule has 0 radical (unpaired) electrons. The standard InChI is InChI=1S/C18H16ClN3O4/c1-11-6-7-13(9-16(11)22(25)26)20-18(24)12-8-17(23)21(10-12)15-5-3-2-4-14(15)19/h2-7,9,12H,8,10H2,1H3,(H,20,24)/t12-/m0/s1. The highest BCUT2D eigenvalue weighted by atomic mass is 35.5. The van der Waals surface area contributed by atoms with E-state index in [2.05, 4.69) is 5.32 Å². The van der Waals surface area contributed by atoms with E-state index in [0.29, 0.717) is 22.0 Å². The van der Waals surface area contributed by atoms with Crippen molar-refractivity contribution in [1.82, 2.24) is 0 Å². The summed E-state index contributed by atoms with van der Waals surface area (Å²) in [5.74, 6) is -1.10. The van der Waals surface area contributed by atoms with Crippen LogP contribution in [0.25, 0.3) is 0 Å². The Morgan fingerprint density at radius 2 is 2.04 bits per heavy atom. The number of nitro benzene ring substituents is 1. The second-order valence-corrected chi connectivity index (χ2v) is 6.51. The number of amides is 2. The second-order valence-electron chi connectivity index (χ2n) is 6.10. The molecule has 7 nitrogen and oxygen atoms in total. The third-order valence-corrected chi connectivity index (χ3v) is 4.63. The van der Waals surface area contributed by atoms with Crippen molar-refractivity contribution in [2.75, 3.05) is 16.8 Å². The van der Waals surface area contributed by atoms with Gasteiger partial charge in [-0.1, -0.05) is 29.8 Å². The molecule has 3 rings (SSSR count). The van der Waals surface area contributed by atoms with Crippen LogP contribution < -0.4 is 10.2 Å². The molecular formula is C18H16ClN3O4. The van der Waals surface area contributed by atoms with Crippen molar-refractivity contribution in [3.8, 4) is 0 Å². The van der Waals surface area contributed by atoms with Gasteiger partial charge in [0.05, 0.1) is 21.6 Å². The number of carbonyl (C=O) groups excluding carboxylic acids is 2. The van der Waals surface area contributed by atoms with Crippen molar-refractivity contribution in [3.05, 3.63) is 63.2 Å². The Kier molecular flexibility index (Phi) is 4.90. The molecule has 1 aliphatic rings. The molecule has 0 spiro atoms. The van der Waals surface area contributed by atoms with Gasteiger partial charge in [0.25, 0.3) is 5.69 Å². The number of anilines is 2. The first-order chi connectivity index (χ1) is 12.4. The summed E-state index contributed by atoms with van der Waals surface area (Å²) in [6, 6.07) is 11.4. The number of rotatable bonds is 4. The summed E-state index contributed by atoms with van der Waals surface area (Å²) >= 11 is 6.13. The molecule has 2 aromatic carbocycles. The van der Waals surface area contributed by atoms with Crippen LogP contribution in [0.4, 0.5) is 17.1 Å². The predicted molar refractivity (Wildman–Crippen MR) is 98.4 cm³/mol. The first-order valence-corrected chi connectivity index (χ1v) is 8.35. The van der Waals surface area contributed by atoms with E-state index in [1.54, 1.807) is 43.3 Å². The zero-order chi connectivity index (χ0) is 18.8. The highest BCUT2D eigenvalue weighted by molar-refractivity contribution is 6.33. The molecule has 1 saturated heterocycles. The summed E-state index contributed by atoms with van der Waals surface area (Å²) in [5.41, 5.74) is 1.34. The van der Waals surface area contributed by atoms with Gasteiger partial charge < -0.3 is 10.2 Å². The summed E-state index contributed by atoms with van der Waals surface area (Å²) in [7, 11) is 0. The molecule has 0 saturated carbocycles. The number of hydrogen-bond acceptors (Lipinski definition) is 4. The van der Waals surface area contributed by atoms with Gasteiger partial charge in [-0.05, 0) is 25.1 Å². The topological polar surface area (TPSA) is 92.6 Å². The van der Waals surface area contributed by atoms with E-state index >= 15 is 0 Å². The van der Waals surface area contributed by atoms with Crippen LogP contribution in [0.1, 0.15) is 12.0 Å². The molecule has 2 aromatic rings. The SMILES string of the molecule is Cc1ccc(NC(=O)[C@H]2CC(=O)N(c3ccccc3Cl)C2)cc1[N+](=O)[O-]. The Labute approximate surface area is 154 Å². The van der Waals surface area contributed by atoms with Crippen LogP contribution in [0.3, 0.4) is 0 Å². The van der Waals surface area contributed by atoms with Gasteiger partial charge in [-0.3, -0.25) is 19.7 Å². The third kappa shape index (κ3) is 3.52. The number of nitrogens with one attached hydrogen (secondary N) is 1. The number of hydrogen-bond donors (Lipinski definition) is 1. The normalized spacial score (nSPS) is 16.6. The van der Waals surface area contributed by atoms with Gasteiger partial charge in [0, 0.05) is 30.3 Å². The maximum absolute atomic E-state index is 12.5. The molecule has 0 aromatic heterocycles.